The number of aromatic nitrogens is 2. The summed E-state index contributed by atoms with van der Waals surface area (Å²) in [5.74, 6) is -0.519. The largest absolute Gasteiger partial charge is 0.461 e. The summed E-state index contributed by atoms with van der Waals surface area (Å²) in [7, 11) is 0. The molecule has 1 aromatic heterocycles. The number of hydrogen-bond donors (Lipinski definition) is 0. The molecule has 1 aliphatic rings. The zero-order valence-corrected chi connectivity index (χ0v) is 10.7. The standard InChI is InChI=1S/C10H13BrN2O3/c1-10(2)15-6-8(16-10)5-14-9-12-3-7(11)4-13-9/h3-4,8H,5-6H2,1-2H3. The molecule has 2 heterocycles. The van der Waals surface area contributed by atoms with Crippen molar-refractivity contribution in [3.05, 3.63) is 16.9 Å². The molecule has 5 nitrogen and oxygen atoms in total. The van der Waals surface area contributed by atoms with Gasteiger partial charge < -0.3 is 14.2 Å². The maximum absolute atomic E-state index is 5.58. The van der Waals surface area contributed by atoms with Gasteiger partial charge in [-0.25, -0.2) is 9.97 Å². The third-order valence-electron chi connectivity index (χ3n) is 2.06. The molecule has 16 heavy (non-hydrogen) atoms. The molecular weight excluding hydrogens is 276 g/mol. The van der Waals surface area contributed by atoms with Gasteiger partial charge in [-0.05, 0) is 29.8 Å². The van der Waals surface area contributed by atoms with E-state index in [0.717, 1.165) is 4.47 Å². The third kappa shape index (κ3) is 3.13. The zero-order valence-electron chi connectivity index (χ0n) is 9.14. The van der Waals surface area contributed by atoms with E-state index in [0.29, 0.717) is 19.2 Å². The molecule has 0 amide bonds. The topological polar surface area (TPSA) is 53.5 Å². The quantitative estimate of drug-likeness (QED) is 0.848. The first-order chi connectivity index (χ1) is 7.55. The summed E-state index contributed by atoms with van der Waals surface area (Å²) in [5, 5.41) is 0. The van der Waals surface area contributed by atoms with Gasteiger partial charge in [0.15, 0.2) is 5.79 Å². The van der Waals surface area contributed by atoms with E-state index in [4.69, 9.17) is 14.2 Å². The van der Waals surface area contributed by atoms with Gasteiger partial charge in [0.05, 0.1) is 11.1 Å². The molecular formula is C10H13BrN2O3. The van der Waals surface area contributed by atoms with E-state index in [9.17, 15) is 0 Å². The van der Waals surface area contributed by atoms with Crippen molar-refractivity contribution in [3.8, 4) is 6.01 Å². The minimum absolute atomic E-state index is 0.0674. The number of rotatable bonds is 3. The van der Waals surface area contributed by atoms with Crippen LogP contribution in [0.3, 0.4) is 0 Å². The van der Waals surface area contributed by atoms with E-state index in [1.54, 1.807) is 12.4 Å². The third-order valence-corrected chi connectivity index (χ3v) is 2.47. The van der Waals surface area contributed by atoms with Gasteiger partial charge >= 0.3 is 6.01 Å². The lowest BCUT2D eigenvalue weighted by atomic mass is 10.4. The second-order valence-corrected chi connectivity index (χ2v) is 4.86. The van der Waals surface area contributed by atoms with Crippen molar-refractivity contribution >= 4 is 15.9 Å². The van der Waals surface area contributed by atoms with Crippen LogP contribution in [-0.2, 0) is 9.47 Å². The molecule has 1 aliphatic heterocycles. The Labute approximate surface area is 102 Å². The van der Waals surface area contributed by atoms with Gasteiger partial charge in [-0.1, -0.05) is 0 Å². The Kier molecular flexibility index (Phi) is 3.41. The van der Waals surface area contributed by atoms with E-state index >= 15 is 0 Å². The van der Waals surface area contributed by atoms with E-state index in [1.165, 1.54) is 0 Å². The molecule has 0 spiro atoms. The monoisotopic (exact) mass is 288 g/mol. The SMILES string of the molecule is CC1(C)OCC(COc2ncc(Br)cn2)O1. The van der Waals surface area contributed by atoms with E-state index < -0.39 is 5.79 Å². The Morgan fingerprint density at radius 3 is 2.75 bits per heavy atom. The Morgan fingerprint density at radius 2 is 2.19 bits per heavy atom. The minimum atomic E-state index is -0.519. The van der Waals surface area contributed by atoms with E-state index in [2.05, 4.69) is 25.9 Å². The lowest BCUT2D eigenvalue weighted by molar-refractivity contribution is -0.141. The maximum atomic E-state index is 5.58. The van der Waals surface area contributed by atoms with Crippen molar-refractivity contribution in [1.29, 1.82) is 0 Å². The van der Waals surface area contributed by atoms with Crippen molar-refractivity contribution in [2.45, 2.75) is 25.7 Å². The Hall–Kier alpha value is -0.720. The molecule has 0 bridgehead atoms. The average molecular weight is 289 g/mol. The molecule has 0 aromatic carbocycles. The summed E-state index contributed by atoms with van der Waals surface area (Å²) in [6.07, 6.45) is 3.21. The predicted octanol–water partition coefficient (Wildman–Crippen LogP) is 1.77. The van der Waals surface area contributed by atoms with Gasteiger partial charge in [0.2, 0.25) is 0 Å². The first-order valence-corrected chi connectivity index (χ1v) is 5.76. The highest BCUT2D eigenvalue weighted by atomic mass is 79.9. The van der Waals surface area contributed by atoms with Crippen LogP contribution in [-0.4, -0.2) is 35.1 Å². The van der Waals surface area contributed by atoms with Crippen LogP contribution in [0.1, 0.15) is 13.8 Å². The van der Waals surface area contributed by atoms with Crippen LogP contribution in [0.4, 0.5) is 0 Å². The molecule has 1 fully saturated rings. The zero-order chi connectivity index (χ0) is 11.6. The summed E-state index contributed by atoms with van der Waals surface area (Å²) in [6, 6.07) is 0.344. The molecule has 0 saturated carbocycles. The van der Waals surface area contributed by atoms with E-state index in [-0.39, 0.29) is 6.10 Å². The van der Waals surface area contributed by atoms with Crippen molar-refractivity contribution in [3.63, 3.8) is 0 Å². The predicted molar refractivity (Wildman–Crippen MR) is 60.1 cm³/mol. The van der Waals surface area contributed by atoms with Crippen molar-refractivity contribution in [2.75, 3.05) is 13.2 Å². The highest BCUT2D eigenvalue weighted by Gasteiger charge is 2.33. The second kappa shape index (κ2) is 4.65. The fourth-order valence-corrected chi connectivity index (χ4v) is 1.59. The maximum Gasteiger partial charge on any atom is 0.316 e. The normalized spacial score (nSPS) is 23.3. The average Bonchev–Trinajstić information content (AvgIpc) is 2.58. The number of ether oxygens (including phenoxy) is 3. The van der Waals surface area contributed by atoms with Crippen molar-refractivity contribution in [2.24, 2.45) is 0 Å². The highest BCUT2D eigenvalue weighted by Crippen LogP contribution is 2.22. The van der Waals surface area contributed by atoms with Gasteiger partial charge in [-0.15, -0.1) is 0 Å². The van der Waals surface area contributed by atoms with Gasteiger partial charge in [0.25, 0.3) is 0 Å². The molecule has 0 radical (unpaired) electrons. The van der Waals surface area contributed by atoms with Crippen LogP contribution in [0, 0.1) is 0 Å². The van der Waals surface area contributed by atoms with Gasteiger partial charge in [0, 0.05) is 12.4 Å². The molecule has 88 valence electrons. The van der Waals surface area contributed by atoms with Crippen LogP contribution < -0.4 is 4.74 Å². The molecule has 0 N–H and O–H groups in total. The molecule has 1 saturated heterocycles. The fourth-order valence-electron chi connectivity index (χ4n) is 1.39. The smallest absolute Gasteiger partial charge is 0.316 e. The molecule has 0 aliphatic carbocycles. The molecule has 6 heteroatoms. The molecule has 1 aromatic rings. The van der Waals surface area contributed by atoms with Gasteiger partial charge in [-0.2, -0.15) is 0 Å². The Bertz CT molecular complexity index is 356. The van der Waals surface area contributed by atoms with Crippen molar-refractivity contribution < 1.29 is 14.2 Å². The summed E-state index contributed by atoms with van der Waals surface area (Å²) < 4.78 is 17.2. The number of nitrogens with zero attached hydrogens (tertiary/aromatic N) is 2. The lowest BCUT2D eigenvalue weighted by Crippen LogP contribution is -2.25. The second-order valence-electron chi connectivity index (χ2n) is 3.95. The van der Waals surface area contributed by atoms with Crippen LogP contribution in [0.5, 0.6) is 6.01 Å². The minimum Gasteiger partial charge on any atom is -0.461 e. The van der Waals surface area contributed by atoms with Gasteiger partial charge in [0.1, 0.15) is 12.7 Å². The fraction of sp³-hybridized carbons (Fsp3) is 0.600. The van der Waals surface area contributed by atoms with Gasteiger partial charge in [-0.3, -0.25) is 0 Å². The summed E-state index contributed by atoms with van der Waals surface area (Å²) in [5.41, 5.74) is 0. The van der Waals surface area contributed by atoms with Crippen LogP contribution in [0.15, 0.2) is 16.9 Å². The number of halogens is 1. The highest BCUT2D eigenvalue weighted by molar-refractivity contribution is 9.10. The molecule has 2 rings (SSSR count). The summed E-state index contributed by atoms with van der Waals surface area (Å²) >= 11 is 3.25. The molecule has 1 unspecified atom stereocenters. The van der Waals surface area contributed by atoms with Crippen LogP contribution >= 0.6 is 15.9 Å². The van der Waals surface area contributed by atoms with Crippen molar-refractivity contribution in [1.82, 2.24) is 9.97 Å². The first-order valence-electron chi connectivity index (χ1n) is 4.97. The molecule has 1 atom stereocenters. The summed E-state index contributed by atoms with van der Waals surface area (Å²) in [4.78, 5) is 8.00. The number of hydrogen-bond acceptors (Lipinski definition) is 5. The Morgan fingerprint density at radius 1 is 1.50 bits per heavy atom. The van der Waals surface area contributed by atoms with E-state index in [1.807, 2.05) is 13.8 Å². The lowest BCUT2D eigenvalue weighted by Gasteiger charge is -2.16. The van der Waals surface area contributed by atoms with Crippen LogP contribution in [0.2, 0.25) is 0 Å². The summed E-state index contributed by atoms with van der Waals surface area (Å²) in [6.45, 7) is 4.68. The van der Waals surface area contributed by atoms with Crippen LogP contribution in [0.25, 0.3) is 0 Å². The Balaban J connectivity index is 1.82. The first kappa shape index (κ1) is 11.8.